The zero-order chi connectivity index (χ0) is 15.6. The van der Waals surface area contributed by atoms with Gasteiger partial charge in [0.15, 0.2) is 0 Å². The van der Waals surface area contributed by atoms with E-state index in [1.165, 1.54) is 6.07 Å². The van der Waals surface area contributed by atoms with Crippen LogP contribution in [0.1, 0.15) is 20.1 Å². The molecule has 1 aromatic carbocycles. The fraction of sp³-hybridized carbons (Fsp3) is 0.154. The Kier molecular flexibility index (Phi) is 4.82. The van der Waals surface area contributed by atoms with Gasteiger partial charge in [-0.15, -0.1) is 11.3 Å². The molecule has 0 atom stereocenters. The minimum Gasteiger partial charge on any atom is -0.477 e. The minimum absolute atomic E-state index is 0.00812. The summed E-state index contributed by atoms with van der Waals surface area (Å²) in [5.74, 6) is -1.13. The van der Waals surface area contributed by atoms with Crippen LogP contribution in [0.2, 0.25) is 0 Å². The summed E-state index contributed by atoms with van der Waals surface area (Å²) in [5, 5.41) is 8.92. The molecule has 8 heteroatoms. The Morgan fingerprint density at radius 3 is 2.62 bits per heavy atom. The highest BCUT2D eigenvalue weighted by atomic mass is 79.9. The predicted molar refractivity (Wildman–Crippen MR) is 84.2 cm³/mol. The molecule has 0 spiro atoms. The molecule has 1 heterocycles. The van der Waals surface area contributed by atoms with Crippen LogP contribution in [0.3, 0.4) is 0 Å². The molecule has 0 saturated heterocycles. The van der Waals surface area contributed by atoms with E-state index in [4.69, 9.17) is 5.11 Å². The molecule has 2 N–H and O–H groups in total. The maximum atomic E-state index is 12.3. The van der Waals surface area contributed by atoms with Gasteiger partial charge in [0.05, 0.1) is 4.90 Å². The average molecular weight is 390 g/mol. The Morgan fingerprint density at radius 2 is 2.05 bits per heavy atom. The summed E-state index contributed by atoms with van der Waals surface area (Å²) in [7, 11) is -3.74. The van der Waals surface area contributed by atoms with Crippen molar-refractivity contribution in [2.24, 2.45) is 0 Å². The number of benzene rings is 1. The van der Waals surface area contributed by atoms with Crippen molar-refractivity contribution in [2.45, 2.75) is 18.4 Å². The number of aromatic carboxylic acids is 1. The molecule has 5 nitrogen and oxygen atoms in total. The molecule has 1 aromatic heterocycles. The topological polar surface area (TPSA) is 83.5 Å². The van der Waals surface area contributed by atoms with Gasteiger partial charge in [0, 0.05) is 15.9 Å². The van der Waals surface area contributed by atoms with Crippen molar-refractivity contribution in [2.75, 3.05) is 0 Å². The van der Waals surface area contributed by atoms with Gasteiger partial charge in [0.2, 0.25) is 10.0 Å². The lowest BCUT2D eigenvalue weighted by Crippen LogP contribution is -2.23. The number of aryl methyl sites for hydroxylation is 1. The van der Waals surface area contributed by atoms with Crippen LogP contribution >= 0.6 is 27.3 Å². The number of hydrogen-bond donors (Lipinski definition) is 2. The number of carboxylic acid groups (broad SMARTS) is 1. The number of thiophene rings is 1. The lowest BCUT2D eigenvalue weighted by atomic mass is 10.2. The minimum atomic E-state index is -3.74. The van der Waals surface area contributed by atoms with Gasteiger partial charge in [-0.05, 0) is 24.6 Å². The van der Waals surface area contributed by atoms with Crippen LogP contribution in [0.25, 0.3) is 0 Å². The van der Waals surface area contributed by atoms with E-state index >= 15 is 0 Å². The molecule has 0 fully saturated rings. The monoisotopic (exact) mass is 389 g/mol. The quantitative estimate of drug-likeness (QED) is 0.822. The molecule has 2 aromatic rings. The lowest BCUT2D eigenvalue weighted by molar-refractivity contribution is 0.0702. The highest BCUT2D eigenvalue weighted by Gasteiger charge is 2.22. The third kappa shape index (κ3) is 3.70. The molecular formula is C13H12BrNO4S2. The van der Waals surface area contributed by atoms with Crippen molar-refractivity contribution in [3.05, 3.63) is 50.1 Å². The molecule has 0 radical (unpaired) electrons. The van der Waals surface area contributed by atoms with Crippen LogP contribution in [0.15, 0.2) is 39.7 Å². The molecule has 0 aliphatic carbocycles. The van der Waals surface area contributed by atoms with Crippen LogP contribution < -0.4 is 4.72 Å². The molecular weight excluding hydrogens is 378 g/mol. The Bertz CT molecular complexity index is 783. The average Bonchev–Trinajstić information content (AvgIpc) is 2.81. The predicted octanol–water partition coefficient (Wildman–Crippen LogP) is 3.00. The van der Waals surface area contributed by atoms with Crippen molar-refractivity contribution in [1.82, 2.24) is 4.72 Å². The molecule has 21 heavy (non-hydrogen) atoms. The molecule has 112 valence electrons. The summed E-state index contributed by atoms with van der Waals surface area (Å²) in [5.41, 5.74) is 0.799. The second kappa shape index (κ2) is 6.27. The highest BCUT2D eigenvalue weighted by Crippen LogP contribution is 2.26. The van der Waals surface area contributed by atoms with E-state index in [-0.39, 0.29) is 16.3 Å². The fourth-order valence-corrected chi connectivity index (χ4v) is 4.59. The lowest BCUT2D eigenvalue weighted by Gasteiger charge is -2.07. The van der Waals surface area contributed by atoms with Gasteiger partial charge in [-0.1, -0.05) is 34.1 Å². The van der Waals surface area contributed by atoms with Gasteiger partial charge in [0.1, 0.15) is 4.88 Å². The fourth-order valence-electron chi connectivity index (χ4n) is 1.73. The first kappa shape index (κ1) is 16.2. The Morgan fingerprint density at radius 1 is 1.38 bits per heavy atom. The number of rotatable bonds is 5. The molecule has 0 aliphatic rings. The number of sulfonamides is 1. The first-order valence-electron chi connectivity index (χ1n) is 5.88. The number of nitrogens with one attached hydrogen (secondary N) is 1. The van der Waals surface area contributed by atoms with E-state index in [0.717, 1.165) is 21.4 Å². The molecule has 0 saturated carbocycles. The third-order valence-electron chi connectivity index (χ3n) is 2.78. The van der Waals surface area contributed by atoms with E-state index in [9.17, 15) is 13.2 Å². The van der Waals surface area contributed by atoms with E-state index in [0.29, 0.717) is 4.88 Å². The van der Waals surface area contributed by atoms with E-state index in [1.54, 1.807) is 13.0 Å². The number of halogens is 1. The summed E-state index contributed by atoms with van der Waals surface area (Å²) in [6.07, 6.45) is 0. The van der Waals surface area contributed by atoms with Crippen LogP contribution in [0.4, 0.5) is 0 Å². The largest absolute Gasteiger partial charge is 0.477 e. The second-order valence-electron chi connectivity index (χ2n) is 4.25. The van der Waals surface area contributed by atoms with Crippen LogP contribution in [0.5, 0.6) is 0 Å². The third-order valence-corrected chi connectivity index (χ3v) is 6.25. The first-order chi connectivity index (χ1) is 9.81. The van der Waals surface area contributed by atoms with Gasteiger partial charge in [-0.25, -0.2) is 17.9 Å². The normalized spacial score (nSPS) is 11.5. The maximum Gasteiger partial charge on any atom is 0.345 e. The zero-order valence-electron chi connectivity index (χ0n) is 11.0. The molecule has 0 bridgehead atoms. The van der Waals surface area contributed by atoms with Crippen molar-refractivity contribution >= 4 is 43.3 Å². The second-order valence-corrected chi connectivity index (χ2v) is 8.10. The van der Waals surface area contributed by atoms with Crippen LogP contribution in [-0.4, -0.2) is 19.5 Å². The summed E-state index contributed by atoms with van der Waals surface area (Å²) < 4.78 is 27.8. The number of hydrogen-bond acceptors (Lipinski definition) is 4. The Balaban J connectivity index is 2.23. The molecule has 0 amide bonds. The highest BCUT2D eigenvalue weighted by molar-refractivity contribution is 9.10. The van der Waals surface area contributed by atoms with Crippen molar-refractivity contribution < 1.29 is 18.3 Å². The van der Waals surface area contributed by atoms with E-state index < -0.39 is 16.0 Å². The summed E-state index contributed by atoms with van der Waals surface area (Å²) >= 11 is 4.29. The van der Waals surface area contributed by atoms with Gasteiger partial charge in [0.25, 0.3) is 0 Å². The van der Waals surface area contributed by atoms with Crippen LogP contribution in [-0.2, 0) is 16.6 Å². The van der Waals surface area contributed by atoms with Crippen molar-refractivity contribution in [3.63, 3.8) is 0 Å². The van der Waals surface area contributed by atoms with Gasteiger partial charge < -0.3 is 5.11 Å². The van der Waals surface area contributed by atoms with Gasteiger partial charge >= 0.3 is 5.97 Å². The number of carboxylic acids is 1. The Labute approximate surface area is 134 Å². The van der Waals surface area contributed by atoms with E-state index in [2.05, 4.69) is 20.7 Å². The molecule has 0 aliphatic heterocycles. The zero-order valence-corrected chi connectivity index (χ0v) is 14.2. The van der Waals surface area contributed by atoms with Gasteiger partial charge in [-0.2, -0.15) is 0 Å². The summed E-state index contributed by atoms with van der Waals surface area (Å²) in [6.45, 7) is 1.71. The smallest absolute Gasteiger partial charge is 0.345 e. The summed E-state index contributed by atoms with van der Waals surface area (Å²) in [6, 6.07) is 8.46. The Hall–Kier alpha value is -1.22. The molecule has 2 rings (SSSR count). The van der Waals surface area contributed by atoms with Crippen LogP contribution in [0, 0.1) is 6.92 Å². The van der Waals surface area contributed by atoms with E-state index in [1.807, 2.05) is 18.2 Å². The maximum absolute atomic E-state index is 12.3. The van der Waals surface area contributed by atoms with Crippen molar-refractivity contribution in [3.8, 4) is 0 Å². The molecule has 0 unspecified atom stereocenters. The van der Waals surface area contributed by atoms with Gasteiger partial charge in [-0.3, -0.25) is 0 Å². The standard InChI is InChI=1S/C13H12BrNO4S2/c1-8-12(6-11(20-8)13(16)17)21(18,19)15-7-9-4-2-3-5-10(9)14/h2-6,15H,7H2,1H3,(H,16,17). The summed E-state index contributed by atoms with van der Waals surface area (Å²) in [4.78, 5) is 11.4. The number of carbonyl (C=O) groups is 1. The van der Waals surface area contributed by atoms with Crippen molar-refractivity contribution in [1.29, 1.82) is 0 Å². The SMILES string of the molecule is Cc1sc(C(=O)O)cc1S(=O)(=O)NCc1ccccc1Br. The first-order valence-corrected chi connectivity index (χ1v) is 8.97.